The average Bonchev–Trinajstić information content (AvgIpc) is 2.62. The smallest absolute Gasteiger partial charge is 0.220 e. The van der Waals surface area contributed by atoms with Gasteiger partial charge in [0.1, 0.15) is 18.2 Å². The number of carbonyl (C=O) groups is 1. The molecule has 1 amide bonds. The Bertz CT molecular complexity index is 710. The van der Waals surface area contributed by atoms with Gasteiger partial charge >= 0.3 is 0 Å². The van der Waals surface area contributed by atoms with E-state index in [-0.39, 0.29) is 17.6 Å². The Morgan fingerprint density at radius 3 is 2.52 bits per heavy atom. The number of hydrogen-bond donors (Lipinski definition) is 1. The van der Waals surface area contributed by atoms with Crippen LogP contribution in [-0.4, -0.2) is 23.9 Å². The molecule has 0 saturated carbocycles. The van der Waals surface area contributed by atoms with Crippen LogP contribution < -0.4 is 10.5 Å². The second-order valence-electron chi connectivity index (χ2n) is 6.52. The first kappa shape index (κ1) is 17.4. The minimum Gasteiger partial charge on any atom is -0.489 e. The number of nitrogens with zero attached hydrogens (tertiary/aromatic N) is 1. The summed E-state index contributed by atoms with van der Waals surface area (Å²) in [5.41, 5.74) is 7.49. The van der Waals surface area contributed by atoms with Crippen LogP contribution in [0.4, 0.5) is 4.39 Å². The third kappa shape index (κ3) is 5.03. The zero-order valence-corrected chi connectivity index (χ0v) is 14.2. The molecule has 2 aromatic rings. The summed E-state index contributed by atoms with van der Waals surface area (Å²) in [6.07, 6.45) is 1.66. The lowest BCUT2D eigenvalue weighted by Gasteiger charge is -2.30. The standard InChI is InChI=1S/C20H23FN2O2/c21-18-6-4-15(5-7-18)14-25-19-3-1-2-16(12-19)13-23-10-8-17(9-11-23)20(22)24/h1-7,12,17H,8-11,13-14H2,(H2,22,24). The van der Waals surface area contributed by atoms with Gasteiger partial charge in [-0.2, -0.15) is 0 Å². The molecule has 2 N–H and O–H groups in total. The Labute approximate surface area is 147 Å². The van der Waals surface area contributed by atoms with Gasteiger partial charge in [0.05, 0.1) is 0 Å². The van der Waals surface area contributed by atoms with Crippen molar-refractivity contribution in [2.24, 2.45) is 11.7 Å². The summed E-state index contributed by atoms with van der Waals surface area (Å²) in [7, 11) is 0. The SMILES string of the molecule is NC(=O)C1CCN(Cc2cccc(OCc3ccc(F)cc3)c2)CC1. The van der Waals surface area contributed by atoms with Gasteiger partial charge in [-0.1, -0.05) is 24.3 Å². The second kappa shape index (κ2) is 8.12. The van der Waals surface area contributed by atoms with E-state index in [1.54, 1.807) is 12.1 Å². The molecule has 0 spiro atoms. The summed E-state index contributed by atoms with van der Waals surface area (Å²) >= 11 is 0. The van der Waals surface area contributed by atoms with Gasteiger partial charge in [0.15, 0.2) is 0 Å². The van der Waals surface area contributed by atoms with Crippen LogP contribution in [0.1, 0.15) is 24.0 Å². The van der Waals surface area contributed by atoms with Crippen LogP contribution >= 0.6 is 0 Å². The molecule has 0 atom stereocenters. The Kier molecular flexibility index (Phi) is 5.66. The summed E-state index contributed by atoms with van der Waals surface area (Å²) in [6, 6.07) is 14.3. The highest BCUT2D eigenvalue weighted by Crippen LogP contribution is 2.21. The molecule has 0 bridgehead atoms. The predicted molar refractivity (Wildman–Crippen MR) is 94.4 cm³/mol. The van der Waals surface area contributed by atoms with Crippen LogP contribution in [0.5, 0.6) is 5.75 Å². The second-order valence-corrected chi connectivity index (χ2v) is 6.52. The van der Waals surface area contributed by atoms with E-state index in [1.165, 1.54) is 17.7 Å². The highest BCUT2D eigenvalue weighted by Gasteiger charge is 2.22. The predicted octanol–water partition coefficient (Wildman–Crippen LogP) is 3.10. The maximum absolute atomic E-state index is 12.9. The summed E-state index contributed by atoms with van der Waals surface area (Å²) in [5.74, 6) is 0.386. The van der Waals surface area contributed by atoms with Gasteiger partial charge in [0.2, 0.25) is 5.91 Å². The van der Waals surface area contributed by atoms with E-state index in [4.69, 9.17) is 10.5 Å². The molecule has 2 aromatic carbocycles. The molecule has 5 heteroatoms. The molecular weight excluding hydrogens is 319 g/mol. The van der Waals surface area contributed by atoms with Crippen molar-refractivity contribution in [2.45, 2.75) is 26.0 Å². The molecule has 132 valence electrons. The Morgan fingerprint density at radius 2 is 1.84 bits per heavy atom. The molecule has 0 radical (unpaired) electrons. The van der Waals surface area contributed by atoms with Gasteiger partial charge < -0.3 is 10.5 Å². The number of ether oxygens (including phenoxy) is 1. The number of primary amides is 1. The van der Waals surface area contributed by atoms with E-state index >= 15 is 0 Å². The van der Waals surface area contributed by atoms with Crippen molar-refractivity contribution >= 4 is 5.91 Å². The average molecular weight is 342 g/mol. The molecule has 0 unspecified atom stereocenters. The van der Waals surface area contributed by atoms with E-state index in [0.29, 0.717) is 6.61 Å². The molecule has 1 aliphatic heterocycles. The maximum Gasteiger partial charge on any atom is 0.220 e. The fourth-order valence-electron chi connectivity index (χ4n) is 3.11. The van der Waals surface area contributed by atoms with Crippen molar-refractivity contribution in [1.82, 2.24) is 4.90 Å². The van der Waals surface area contributed by atoms with Gasteiger partial charge in [0, 0.05) is 12.5 Å². The zero-order chi connectivity index (χ0) is 17.6. The summed E-state index contributed by atoms with van der Waals surface area (Å²) in [5, 5.41) is 0. The van der Waals surface area contributed by atoms with Gasteiger partial charge in [-0.25, -0.2) is 4.39 Å². The maximum atomic E-state index is 12.9. The van der Waals surface area contributed by atoms with Crippen molar-refractivity contribution < 1.29 is 13.9 Å². The lowest BCUT2D eigenvalue weighted by atomic mass is 9.96. The number of likely N-dealkylation sites (tertiary alicyclic amines) is 1. The van der Waals surface area contributed by atoms with Crippen LogP contribution in [0.2, 0.25) is 0 Å². The van der Waals surface area contributed by atoms with Gasteiger partial charge in [-0.3, -0.25) is 9.69 Å². The number of nitrogens with two attached hydrogens (primary N) is 1. The normalized spacial score (nSPS) is 15.9. The van der Waals surface area contributed by atoms with E-state index < -0.39 is 0 Å². The Balaban J connectivity index is 1.53. The molecular formula is C20H23FN2O2. The Morgan fingerprint density at radius 1 is 1.12 bits per heavy atom. The third-order valence-electron chi connectivity index (χ3n) is 4.61. The molecule has 1 heterocycles. The first-order chi connectivity index (χ1) is 12.1. The van der Waals surface area contributed by atoms with Crippen LogP contribution in [0.15, 0.2) is 48.5 Å². The minimum atomic E-state index is -0.245. The minimum absolute atomic E-state index is 0.0154. The largest absolute Gasteiger partial charge is 0.489 e. The highest BCUT2D eigenvalue weighted by molar-refractivity contribution is 5.76. The van der Waals surface area contributed by atoms with Crippen molar-refractivity contribution in [2.75, 3.05) is 13.1 Å². The number of rotatable bonds is 6. The van der Waals surface area contributed by atoms with Crippen molar-refractivity contribution in [1.29, 1.82) is 0 Å². The van der Waals surface area contributed by atoms with Crippen molar-refractivity contribution in [3.8, 4) is 5.75 Å². The number of halogens is 1. The molecule has 1 aliphatic rings. The number of benzene rings is 2. The third-order valence-corrected chi connectivity index (χ3v) is 4.61. The van der Waals surface area contributed by atoms with Crippen molar-refractivity contribution in [3.63, 3.8) is 0 Å². The van der Waals surface area contributed by atoms with Crippen molar-refractivity contribution in [3.05, 3.63) is 65.5 Å². The quantitative estimate of drug-likeness (QED) is 0.878. The molecule has 3 rings (SSSR count). The molecule has 1 fully saturated rings. The summed E-state index contributed by atoms with van der Waals surface area (Å²) in [4.78, 5) is 13.6. The number of hydrogen-bond acceptors (Lipinski definition) is 3. The fraction of sp³-hybridized carbons (Fsp3) is 0.350. The molecule has 4 nitrogen and oxygen atoms in total. The lowest BCUT2D eigenvalue weighted by molar-refractivity contribution is -0.123. The number of piperidine rings is 1. The first-order valence-electron chi connectivity index (χ1n) is 8.58. The van der Waals surface area contributed by atoms with Gasteiger partial charge in [0.25, 0.3) is 0 Å². The molecule has 1 saturated heterocycles. The van der Waals surface area contributed by atoms with Crippen LogP contribution in [0.25, 0.3) is 0 Å². The zero-order valence-electron chi connectivity index (χ0n) is 14.2. The molecule has 0 aliphatic carbocycles. The van der Waals surface area contributed by atoms with E-state index in [2.05, 4.69) is 11.0 Å². The van der Waals surface area contributed by atoms with Gasteiger partial charge in [-0.15, -0.1) is 0 Å². The van der Waals surface area contributed by atoms with E-state index in [0.717, 1.165) is 43.8 Å². The van der Waals surface area contributed by atoms with Crippen LogP contribution in [-0.2, 0) is 17.9 Å². The fourth-order valence-corrected chi connectivity index (χ4v) is 3.11. The topological polar surface area (TPSA) is 55.6 Å². The van der Waals surface area contributed by atoms with E-state index in [1.807, 2.05) is 18.2 Å². The summed E-state index contributed by atoms with van der Waals surface area (Å²) < 4.78 is 18.7. The molecule has 25 heavy (non-hydrogen) atoms. The lowest BCUT2D eigenvalue weighted by Crippen LogP contribution is -2.38. The first-order valence-corrected chi connectivity index (χ1v) is 8.58. The number of amides is 1. The highest BCUT2D eigenvalue weighted by atomic mass is 19.1. The van der Waals surface area contributed by atoms with Crippen LogP contribution in [0, 0.1) is 11.7 Å². The Hall–Kier alpha value is -2.40. The van der Waals surface area contributed by atoms with Crippen LogP contribution in [0.3, 0.4) is 0 Å². The van der Waals surface area contributed by atoms with E-state index in [9.17, 15) is 9.18 Å². The summed E-state index contributed by atoms with van der Waals surface area (Å²) in [6.45, 7) is 3.01. The van der Waals surface area contributed by atoms with Gasteiger partial charge in [-0.05, 0) is 61.3 Å². The monoisotopic (exact) mass is 342 g/mol. The number of carbonyl (C=O) groups excluding carboxylic acids is 1. The molecule has 0 aromatic heterocycles.